The maximum atomic E-state index is 11.9. The molecule has 0 saturated heterocycles. The summed E-state index contributed by atoms with van der Waals surface area (Å²) in [5.41, 5.74) is 5.21. The first kappa shape index (κ1) is 15.5. The van der Waals surface area contributed by atoms with Crippen molar-refractivity contribution in [1.82, 2.24) is 5.43 Å². The molecule has 2 N–H and O–H groups in total. The lowest BCUT2D eigenvalue weighted by Crippen LogP contribution is -2.32. The summed E-state index contributed by atoms with van der Waals surface area (Å²) in [5, 5.41) is 0. The standard InChI is InChI=1S/C16H16N2O4/c1-10-8-13(20)15(11(2)19)16(22-10)18-17-14(21)9-12-6-4-3-5-7-12/h3-8,18H,9H2,1-2H3,(H,17,21). The lowest BCUT2D eigenvalue weighted by Gasteiger charge is -2.10. The molecule has 0 spiro atoms. The summed E-state index contributed by atoms with van der Waals surface area (Å²) in [6.07, 6.45) is 0.166. The molecule has 2 rings (SSSR count). The van der Waals surface area contributed by atoms with Crippen LogP contribution in [0.15, 0.2) is 45.6 Å². The Morgan fingerprint density at radius 1 is 1.18 bits per heavy atom. The Morgan fingerprint density at radius 3 is 2.50 bits per heavy atom. The Morgan fingerprint density at radius 2 is 1.86 bits per heavy atom. The molecule has 6 heteroatoms. The van der Waals surface area contributed by atoms with Gasteiger partial charge in [-0.15, -0.1) is 0 Å². The molecule has 114 valence electrons. The largest absolute Gasteiger partial charge is 0.443 e. The molecule has 0 radical (unpaired) electrons. The maximum absolute atomic E-state index is 11.9. The molecule has 0 aliphatic rings. The Balaban J connectivity index is 2.10. The smallest absolute Gasteiger partial charge is 0.242 e. The number of carbonyl (C=O) groups is 2. The van der Waals surface area contributed by atoms with E-state index in [1.807, 2.05) is 30.3 Å². The summed E-state index contributed by atoms with van der Waals surface area (Å²) in [6, 6.07) is 10.4. The van der Waals surface area contributed by atoms with Crippen LogP contribution in [0.2, 0.25) is 0 Å². The van der Waals surface area contributed by atoms with E-state index in [2.05, 4.69) is 10.9 Å². The lowest BCUT2D eigenvalue weighted by molar-refractivity contribution is -0.120. The van der Waals surface area contributed by atoms with Crippen LogP contribution in [0.1, 0.15) is 28.6 Å². The van der Waals surface area contributed by atoms with Gasteiger partial charge in [0.15, 0.2) is 11.2 Å². The van der Waals surface area contributed by atoms with E-state index in [1.54, 1.807) is 6.92 Å². The van der Waals surface area contributed by atoms with Crippen LogP contribution >= 0.6 is 0 Å². The van der Waals surface area contributed by atoms with Crippen molar-refractivity contribution in [2.45, 2.75) is 20.3 Å². The van der Waals surface area contributed by atoms with Crippen molar-refractivity contribution in [2.75, 3.05) is 5.43 Å². The number of carbonyl (C=O) groups excluding carboxylic acids is 2. The molecule has 0 saturated carbocycles. The summed E-state index contributed by atoms with van der Waals surface area (Å²) >= 11 is 0. The number of rotatable bonds is 5. The third kappa shape index (κ3) is 3.82. The summed E-state index contributed by atoms with van der Waals surface area (Å²) < 4.78 is 5.30. The van der Waals surface area contributed by atoms with Crippen molar-refractivity contribution in [3.05, 3.63) is 63.5 Å². The monoisotopic (exact) mass is 300 g/mol. The number of hydrogen-bond acceptors (Lipinski definition) is 5. The highest BCUT2D eigenvalue weighted by Gasteiger charge is 2.16. The van der Waals surface area contributed by atoms with Crippen molar-refractivity contribution in [3.63, 3.8) is 0 Å². The average molecular weight is 300 g/mol. The molecule has 1 heterocycles. The SMILES string of the molecule is CC(=O)c1c(NNC(=O)Cc2ccccc2)oc(C)cc1=O. The Kier molecular flexibility index (Phi) is 4.73. The zero-order chi connectivity index (χ0) is 16.1. The van der Waals surface area contributed by atoms with E-state index < -0.39 is 11.2 Å². The van der Waals surface area contributed by atoms with Gasteiger partial charge in [0.2, 0.25) is 11.8 Å². The number of hydrazine groups is 1. The molecule has 0 aliphatic heterocycles. The highest BCUT2D eigenvalue weighted by atomic mass is 16.4. The van der Waals surface area contributed by atoms with Gasteiger partial charge in [0.05, 0.1) is 6.42 Å². The predicted molar refractivity (Wildman–Crippen MR) is 81.6 cm³/mol. The van der Waals surface area contributed by atoms with Crippen molar-refractivity contribution in [2.24, 2.45) is 0 Å². The second-order valence-electron chi connectivity index (χ2n) is 4.82. The van der Waals surface area contributed by atoms with E-state index in [4.69, 9.17) is 4.42 Å². The van der Waals surface area contributed by atoms with Gasteiger partial charge in [0.25, 0.3) is 0 Å². The van der Waals surface area contributed by atoms with E-state index in [0.29, 0.717) is 5.76 Å². The summed E-state index contributed by atoms with van der Waals surface area (Å²) in [4.78, 5) is 35.2. The van der Waals surface area contributed by atoms with Crippen molar-refractivity contribution >= 4 is 17.6 Å². The third-order valence-electron chi connectivity index (χ3n) is 2.95. The van der Waals surface area contributed by atoms with Gasteiger partial charge in [0, 0.05) is 6.07 Å². The number of hydrogen-bond donors (Lipinski definition) is 2. The Hall–Kier alpha value is -2.89. The van der Waals surface area contributed by atoms with Crippen LogP contribution in [-0.2, 0) is 11.2 Å². The van der Waals surface area contributed by atoms with Gasteiger partial charge in [-0.25, -0.2) is 0 Å². The Labute approximate surface area is 127 Å². The van der Waals surface area contributed by atoms with Crippen LogP contribution in [0.3, 0.4) is 0 Å². The Bertz CT molecular complexity index is 750. The second-order valence-corrected chi connectivity index (χ2v) is 4.82. The van der Waals surface area contributed by atoms with Crippen LogP contribution < -0.4 is 16.3 Å². The molecule has 6 nitrogen and oxygen atoms in total. The molecule has 0 atom stereocenters. The normalized spacial score (nSPS) is 10.1. The maximum Gasteiger partial charge on any atom is 0.242 e. The lowest BCUT2D eigenvalue weighted by atomic mass is 10.1. The van der Waals surface area contributed by atoms with E-state index in [-0.39, 0.29) is 23.8 Å². The van der Waals surface area contributed by atoms with Crippen molar-refractivity contribution in [3.8, 4) is 0 Å². The molecule has 1 aromatic heterocycles. The van der Waals surface area contributed by atoms with Gasteiger partial charge in [-0.2, -0.15) is 0 Å². The molecular weight excluding hydrogens is 284 g/mol. The number of Topliss-reactive ketones (excluding diaryl/α,β-unsaturated/α-hetero) is 1. The fourth-order valence-corrected chi connectivity index (χ4v) is 1.98. The summed E-state index contributed by atoms with van der Waals surface area (Å²) in [6.45, 7) is 2.85. The van der Waals surface area contributed by atoms with Gasteiger partial charge in [0.1, 0.15) is 11.3 Å². The summed E-state index contributed by atoms with van der Waals surface area (Å²) in [7, 11) is 0. The van der Waals surface area contributed by atoms with E-state index in [0.717, 1.165) is 5.56 Å². The first-order valence-corrected chi connectivity index (χ1v) is 6.72. The molecule has 22 heavy (non-hydrogen) atoms. The van der Waals surface area contributed by atoms with Gasteiger partial charge >= 0.3 is 0 Å². The number of aryl methyl sites for hydroxylation is 1. The molecule has 0 unspecified atom stereocenters. The molecule has 1 amide bonds. The van der Waals surface area contributed by atoms with Gasteiger partial charge in [-0.05, 0) is 19.4 Å². The molecule has 0 fully saturated rings. The first-order chi connectivity index (χ1) is 10.5. The number of benzene rings is 1. The highest BCUT2D eigenvalue weighted by Crippen LogP contribution is 2.13. The van der Waals surface area contributed by atoms with E-state index >= 15 is 0 Å². The molecule has 2 aromatic rings. The third-order valence-corrected chi connectivity index (χ3v) is 2.95. The fraction of sp³-hybridized carbons (Fsp3) is 0.188. The number of nitrogens with one attached hydrogen (secondary N) is 2. The van der Waals surface area contributed by atoms with Gasteiger partial charge in [-0.1, -0.05) is 30.3 Å². The first-order valence-electron chi connectivity index (χ1n) is 6.72. The summed E-state index contributed by atoms with van der Waals surface area (Å²) in [5.74, 6) is -0.466. The highest BCUT2D eigenvalue weighted by molar-refractivity contribution is 5.98. The fourth-order valence-electron chi connectivity index (χ4n) is 1.98. The van der Waals surface area contributed by atoms with E-state index in [9.17, 15) is 14.4 Å². The van der Waals surface area contributed by atoms with Crippen LogP contribution in [0.5, 0.6) is 0 Å². The number of ketones is 1. The van der Waals surface area contributed by atoms with Crippen LogP contribution in [0.4, 0.5) is 5.88 Å². The van der Waals surface area contributed by atoms with Crippen molar-refractivity contribution < 1.29 is 14.0 Å². The molecular formula is C16H16N2O4. The number of amides is 1. The zero-order valence-electron chi connectivity index (χ0n) is 12.3. The van der Waals surface area contributed by atoms with Crippen LogP contribution in [0, 0.1) is 6.92 Å². The van der Waals surface area contributed by atoms with E-state index in [1.165, 1.54) is 13.0 Å². The predicted octanol–water partition coefficient (Wildman–Crippen LogP) is 1.84. The van der Waals surface area contributed by atoms with Crippen LogP contribution in [0.25, 0.3) is 0 Å². The second kappa shape index (κ2) is 6.71. The van der Waals surface area contributed by atoms with Gasteiger partial charge in [-0.3, -0.25) is 25.2 Å². The topological polar surface area (TPSA) is 88.4 Å². The quantitative estimate of drug-likeness (QED) is 0.649. The van der Waals surface area contributed by atoms with Gasteiger partial charge < -0.3 is 4.42 Å². The molecule has 1 aromatic carbocycles. The number of anilines is 1. The average Bonchev–Trinajstić information content (AvgIpc) is 2.45. The van der Waals surface area contributed by atoms with Crippen LogP contribution in [-0.4, -0.2) is 11.7 Å². The minimum absolute atomic E-state index is 0.0566. The minimum Gasteiger partial charge on any atom is -0.443 e. The zero-order valence-corrected chi connectivity index (χ0v) is 12.3. The molecule has 0 aliphatic carbocycles. The minimum atomic E-state index is -0.448. The van der Waals surface area contributed by atoms with Crippen molar-refractivity contribution in [1.29, 1.82) is 0 Å². The molecule has 0 bridgehead atoms.